The van der Waals surface area contributed by atoms with Gasteiger partial charge in [-0.3, -0.25) is 9.59 Å². The fraction of sp³-hybridized carbons (Fsp3) is 0.857. The van der Waals surface area contributed by atoms with Crippen molar-refractivity contribution in [2.24, 2.45) is 10.8 Å². The van der Waals surface area contributed by atoms with Gasteiger partial charge in [-0.1, -0.05) is 13.8 Å². The molecule has 2 saturated heterocycles. The van der Waals surface area contributed by atoms with Crippen LogP contribution in [-0.2, 0) is 14.3 Å². The Hall–Kier alpha value is -1.06. The highest BCUT2D eigenvalue weighted by Crippen LogP contribution is 2.66. The molecule has 3 rings (SSSR count). The monoisotopic (exact) mass is 251 g/mol. The Labute approximate surface area is 108 Å². The van der Waals surface area contributed by atoms with Gasteiger partial charge in [-0.15, -0.1) is 0 Å². The number of ether oxygens (including phenoxy) is 1. The zero-order valence-electron chi connectivity index (χ0n) is 11.4. The lowest BCUT2D eigenvalue weighted by Crippen LogP contribution is -2.54. The van der Waals surface area contributed by atoms with E-state index in [0.717, 1.165) is 32.4 Å². The zero-order valence-corrected chi connectivity index (χ0v) is 11.4. The highest BCUT2D eigenvalue weighted by Gasteiger charge is 2.76. The smallest absolute Gasteiger partial charge is 0.313 e. The number of hydrogen-bond donors (Lipinski definition) is 0. The van der Waals surface area contributed by atoms with Gasteiger partial charge < -0.3 is 9.64 Å². The number of esters is 1. The average molecular weight is 251 g/mol. The van der Waals surface area contributed by atoms with Crippen molar-refractivity contribution >= 4 is 11.9 Å². The molecule has 2 bridgehead atoms. The predicted molar refractivity (Wildman–Crippen MR) is 65.8 cm³/mol. The molecule has 18 heavy (non-hydrogen) atoms. The molecule has 1 amide bonds. The molecule has 0 aromatic carbocycles. The van der Waals surface area contributed by atoms with E-state index in [9.17, 15) is 9.59 Å². The van der Waals surface area contributed by atoms with Crippen molar-refractivity contribution in [2.45, 2.75) is 52.1 Å². The van der Waals surface area contributed by atoms with Crippen molar-refractivity contribution < 1.29 is 14.3 Å². The second-order valence-corrected chi connectivity index (χ2v) is 6.67. The predicted octanol–water partition coefficient (Wildman–Crippen LogP) is 1.73. The van der Waals surface area contributed by atoms with Gasteiger partial charge in [-0.05, 0) is 32.6 Å². The lowest BCUT2D eigenvalue weighted by atomic mass is 9.66. The van der Waals surface area contributed by atoms with Crippen LogP contribution in [0, 0.1) is 10.8 Å². The minimum absolute atomic E-state index is 0.0413. The van der Waals surface area contributed by atoms with Gasteiger partial charge in [0.25, 0.3) is 5.91 Å². The van der Waals surface area contributed by atoms with Crippen molar-refractivity contribution in [3.05, 3.63) is 0 Å². The van der Waals surface area contributed by atoms with Crippen LogP contribution in [0.1, 0.15) is 46.5 Å². The van der Waals surface area contributed by atoms with Crippen molar-refractivity contribution in [3.8, 4) is 0 Å². The first-order chi connectivity index (χ1) is 8.35. The summed E-state index contributed by atoms with van der Waals surface area (Å²) in [5, 5.41) is 0. The molecule has 4 heteroatoms. The Morgan fingerprint density at radius 2 is 1.78 bits per heavy atom. The fourth-order valence-corrected chi connectivity index (χ4v) is 3.90. The number of likely N-dealkylation sites (tertiary alicyclic amines) is 1. The maximum absolute atomic E-state index is 12.8. The van der Waals surface area contributed by atoms with Crippen LogP contribution in [0.15, 0.2) is 0 Å². The van der Waals surface area contributed by atoms with Gasteiger partial charge in [0.05, 0.1) is 5.41 Å². The number of amides is 1. The summed E-state index contributed by atoms with van der Waals surface area (Å²) in [7, 11) is 0. The number of hydrogen-bond acceptors (Lipinski definition) is 3. The first-order valence-corrected chi connectivity index (χ1v) is 6.88. The van der Waals surface area contributed by atoms with Crippen molar-refractivity contribution in [1.82, 2.24) is 4.90 Å². The maximum Gasteiger partial charge on any atom is 0.313 e. The minimum Gasteiger partial charge on any atom is -0.448 e. The number of nitrogens with zero attached hydrogens (tertiary/aromatic N) is 1. The Kier molecular flexibility index (Phi) is 2.19. The van der Waals surface area contributed by atoms with Crippen LogP contribution in [-0.4, -0.2) is 35.5 Å². The molecule has 3 fully saturated rings. The van der Waals surface area contributed by atoms with E-state index in [4.69, 9.17) is 4.74 Å². The summed E-state index contributed by atoms with van der Waals surface area (Å²) in [4.78, 5) is 26.8. The summed E-state index contributed by atoms with van der Waals surface area (Å²) in [6, 6.07) is 0. The number of rotatable bonds is 1. The standard InChI is InChI=1S/C14H21NO3/c1-12(2)13(3)6-7-14(12,18-11(13)17)10(16)15-8-4-5-9-15/h4-9H2,1-3H3/t13-,14+/m1/s1. The fourth-order valence-electron chi connectivity index (χ4n) is 3.90. The van der Waals surface area contributed by atoms with Crippen molar-refractivity contribution in [3.63, 3.8) is 0 Å². The van der Waals surface area contributed by atoms with E-state index < -0.39 is 16.4 Å². The average Bonchev–Trinajstić information content (AvgIpc) is 2.93. The molecular formula is C14H21NO3. The first kappa shape index (κ1) is 12.0. The van der Waals surface area contributed by atoms with Crippen LogP contribution in [0.25, 0.3) is 0 Å². The maximum atomic E-state index is 12.8. The van der Waals surface area contributed by atoms with Crippen LogP contribution in [0.2, 0.25) is 0 Å². The SMILES string of the molecule is CC1(C)[C@@]2(C(=O)N3CCCC3)CC[C@]1(C)C(=O)O2. The molecule has 0 unspecified atom stereocenters. The van der Waals surface area contributed by atoms with Gasteiger partial charge in [0.15, 0.2) is 5.60 Å². The van der Waals surface area contributed by atoms with E-state index in [0.29, 0.717) is 6.42 Å². The third kappa shape index (κ3) is 1.08. The summed E-state index contributed by atoms with van der Waals surface area (Å²) < 4.78 is 5.61. The molecule has 2 aliphatic heterocycles. The molecule has 4 nitrogen and oxygen atoms in total. The van der Waals surface area contributed by atoms with E-state index >= 15 is 0 Å². The van der Waals surface area contributed by atoms with Gasteiger partial charge in [0, 0.05) is 18.5 Å². The van der Waals surface area contributed by atoms with Crippen molar-refractivity contribution in [2.75, 3.05) is 13.1 Å². The van der Waals surface area contributed by atoms with E-state index in [1.165, 1.54) is 0 Å². The molecule has 2 heterocycles. The highest BCUT2D eigenvalue weighted by molar-refractivity contribution is 5.96. The molecule has 0 aromatic heterocycles. The van der Waals surface area contributed by atoms with Crippen molar-refractivity contribution in [1.29, 1.82) is 0 Å². The van der Waals surface area contributed by atoms with Crippen LogP contribution in [0.5, 0.6) is 0 Å². The zero-order chi connectivity index (χ0) is 13.2. The van der Waals surface area contributed by atoms with E-state index in [2.05, 4.69) is 0 Å². The van der Waals surface area contributed by atoms with E-state index in [1.54, 1.807) is 0 Å². The molecule has 0 aromatic rings. The highest BCUT2D eigenvalue weighted by atomic mass is 16.6. The Bertz CT molecular complexity index is 425. The topological polar surface area (TPSA) is 46.6 Å². The number of carbonyl (C=O) groups is 2. The Morgan fingerprint density at radius 1 is 1.17 bits per heavy atom. The number of fused-ring (bicyclic) bond motifs is 2. The van der Waals surface area contributed by atoms with Gasteiger partial charge in [0.2, 0.25) is 0 Å². The van der Waals surface area contributed by atoms with Gasteiger partial charge in [0.1, 0.15) is 0 Å². The van der Waals surface area contributed by atoms with Crippen LogP contribution in [0.4, 0.5) is 0 Å². The quantitative estimate of drug-likeness (QED) is 0.667. The first-order valence-electron chi connectivity index (χ1n) is 6.88. The third-order valence-corrected chi connectivity index (χ3v) is 5.82. The Morgan fingerprint density at radius 3 is 2.22 bits per heavy atom. The second-order valence-electron chi connectivity index (χ2n) is 6.67. The summed E-state index contributed by atoms with van der Waals surface area (Å²) in [6.45, 7) is 7.59. The minimum atomic E-state index is -0.900. The van der Waals surface area contributed by atoms with Crippen LogP contribution in [0.3, 0.4) is 0 Å². The molecule has 0 radical (unpaired) electrons. The van der Waals surface area contributed by atoms with E-state index in [-0.39, 0.29) is 11.9 Å². The Balaban J connectivity index is 2.00. The van der Waals surface area contributed by atoms with Crippen LogP contribution < -0.4 is 0 Å². The molecule has 1 saturated carbocycles. The summed E-state index contributed by atoms with van der Waals surface area (Å²) >= 11 is 0. The molecule has 0 spiro atoms. The molecule has 2 atom stereocenters. The van der Waals surface area contributed by atoms with E-state index in [1.807, 2.05) is 25.7 Å². The number of carbonyl (C=O) groups excluding carboxylic acids is 2. The van der Waals surface area contributed by atoms with Gasteiger partial charge in [-0.25, -0.2) is 0 Å². The molecular weight excluding hydrogens is 230 g/mol. The molecule has 0 N–H and O–H groups in total. The molecule has 1 aliphatic carbocycles. The second kappa shape index (κ2) is 3.28. The lowest BCUT2D eigenvalue weighted by molar-refractivity contribution is -0.173. The summed E-state index contributed by atoms with van der Waals surface area (Å²) in [6.07, 6.45) is 3.57. The van der Waals surface area contributed by atoms with Gasteiger partial charge in [-0.2, -0.15) is 0 Å². The molecule has 3 aliphatic rings. The summed E-state index contributed by atoms with van der Waals surface area (Å²) in [5.41, 5.74) is -1.80. The molecule has 100 valence electrons. The van der Waals surface area contributed by atoms with Crippen LogP contribution >= 0.6 is 0 Å². The largest absolute Gasteiger partial charge is 0.448 e. The summed E-state index contributed by atoms with van der Waals surface area (Å²) in [5.74, 6) is -0.147. The normalized spacial score (nSPS) is 41.3. The lowest BCUT2D eigenvalue weighted by Gasteiger charge is -2.37. The van der Waals surface area contributed by atoms with Gasteiger partial charge >= 0.3 is 5.97 Å². The third-order valence-electron chi connectivity index (χ3n) is 5.82.